The maximum Gasteiger partial charge on any atom is 0.159 e. The van der Waals surface area contributed by atoms with Crippen LogP contribution in [0.4, 0.5) is 5.82 Å². The Hall–Kier alpha value is -3.06. The summed E-state index contributed by atoms with van der Waals surface area (Å²) in [6.07, 6.45) is 3.44. The number of nitrogens with zero attached hydrogens (tertiary/aromatic N) is 5. The molecule has 30 heavy (non-hydrogen) atoms. The van der Waals surface area contributed by atoms with E-state index in [0.717, 1.165) is 66.8 Å². The van der Waals surface area contributed by atoms with Crippen LogP contribution in [0.3, 0.4) is 0 Å². The highest BCUT2D eigenvalue weighted by atomic mass is 16.1. The van der Waals surface area contributed by atoms with Crippen molar-refractivity contribution in [2.45, 2.75) is 20.8 Å². The van der Waals surface area contributed by atoms with Gasteiger partial charge < -0.3 is 10.6 Å². The van der Waals surface area contributed by atoms with Crippen LogP contribution in [-0.2, 0) is 0 Å². The minimum Gasteiger partial charge on any atom is -0.402 e. The Morgan fingerprint density at radius 1 is 1.03 bits per heavy atom. The highest BCUT2D eigenvalue weighted by Crippen LogP contribution is 2.27. The first-order valence-corrected chi connectivity index (χ1v) is 10.2. The van der Waals surface area contributed by atoms with Crippen LogP contribution in [-0.4, -0.2) is 66.1 Å². The minimum absolute atomic E-state index is 0.0570. The molecular weight excluding hydrogens is 376 g/mol. The molecule has 2 heterocycles. The standard InChI is InChI=1S/C23H30N6O/c1-16(24)21(17(2)25-4)15-28-11-13-29(14-12-28)23-22(26-9-10-27-23)20-7-5-19(6-8-20)18(3)30/h5-10H,11-15,24H2,1-4H3. The molecule has 158 valence electrons. The number of Topliss-reactive ketones (excluding diaryl/α,β-unsaturated/α-hetero) is 1. The molecule has 0 amide bonds. The molecule has 3 rings (SSSR count). The molecule has 0 spiro atoms. The molecule has 1 fully saturated rings. The lowest BCUT2D eigenvalue weighted by molar-refractivity contribution is 0.101. The van der Waals surface area contributed by atoms with Gasteiger partial charge in [-0.1, -0.05) is 24.3 Å². The van der Waals surface area contributed by atoms with Crippen molar-refractivity contribution in [3.63, 3.8) is 0 Å². The number of nitrogens with two attached hydrogens (primary N) is 1. The van der Waals surface area contributed by atoms with E-state index < -0.39 is 0 Å². The molecule has 0 bridgehead atoms. The number of benzene rings is 1. The van der Waals surface area contributed by atoms with Crippen molar-refractivity contribution in [2.75, 3.05) is 44.7 Å². The molecule has 1 aliphatic rings. The van der Waals surface area contributed by atoms with E-state index in [-0.39, 0.29) is 5.78 Å². The zero-order chi connectivity index (χ0) is 21.7. The molecule has 2 N–H and O–H groups in total. The highest BCUT2D eigenvalue weighted by molar-refractivity contribution is 5.99. The van der Waals surface area contributed by atoms with Crippen LogP contribution in [0.1, 0.15) is 31.1 Å². The molecular formula is C23H30N6O. The van der Waals surface area contributed by atoms with Crippen molar-refractivity contribution in [1.82, 2.24) is 14.9 Å². The number of aromatic nitrogens is 2. The summed E-state index contributed by atoms with van der Waals surface area (Å²) in [5.41, 5.74) is 11.5. The Kier molecular flexibility index (Phi) is 6.95. The number of carbonyl (C=O) groups is 1. The van der Waals surface area contributed by atoms with Crippen LogP contribution in [0.15, 0.2) is 52.9 Å². The maximum absolute atomic E-state index is 11.6. The van der Waals surface area contributed by atoms with Gasteiger partial charge in [0.1, 0.15) is 5.69 Å². The van der Waals surface area contributed by atoms with E-state index >= 15 is 0 Å². The number of carbonyl (C=O) groups excluding carboxylic acids is 1. The van der Waals surface area contributed by atoms with Gasteiger partial charge in [0, 0.05) is 80.3 Å². The number of rotatable bonds is 6. The molecule has 2 aromatic rings. The first kappa shape index (κ1) is 21.6. The van der Waals surface area contributed by atoms with Crippen molar-refractivity contribution >= 4 is 17.3 Å². The van der Waals surface area contributed by atoms with Crippen LogP contribution in [0.25, 0.3) is 11.3 Å². The van der Waals surface area contributed by atoms with E-state index in [1.807, 2.05) is 38.1 Å². The van der Waals surface area contributed by atoms with E-state index in [2.05, 4.69) is 24.8 Å². The fourth-order valence-corrected chi connectivity index (χ4v) is 3.63. The van der Waals surface area contributed by atoms with E-state index in [4.69, 9.17) is 5.73 Å². The summed E-state index contributed by atoms with van der Waals surface area (Å²) in [4.78, 5) is 29.7. The summed E-state index contributed by atoms with van der Waals surface area (Å²) in [6, 6.07) is 7.56. The Bertz CT molecular complexity index is 952. The number of anilines is 1. The van der Waals surface area contributed by atoms with Crippen LogP contribution in [0.5, 0.6) is 0 Å². The second-order valence-corrected chi connectivity index (χ2v) is 7.60. The SMILES string of the molecule is CN=C(C)C(CN1CCN(c2nccnc2-c2ccc(C(C)=O)cc2)CC1)=C(C)N. The van der Waals surface area contributed by atoms with Crippen LogP contribution >= 0.6 is 0 Å². The molecule has 1 aromatic heterocycles. The minimum atomic E-state index is 0.0570. The lowest BCUT2D eigenvalue weighted by Gasteiger charge is -2.36. The zero-order valence-corrected chi connectivity index (χ0v) is 18.2. The van der Waals surface area contributed by atoms with Crippen molar-refractivity contribution in [1.29, 1.82) is 0 Å². The van der Waals surface area contributed by atoms with Gasteiger partial charge in [0.05, 0.1) is 0 Å². The van der Waals surface area contributed by atoms with Gasteiger partial charge in [-0.2, -0.15) is 0 Å². The monoisotopic (exact) mass is 406 g/mol. The molecule has 0 unspecified atom stereocenters. The molecule has 7 nitrogen and oxygen atoms in total. The fourth-order valence-electron chi connectivity index (χ4n) is 3.63. The zero-order valence-electron chi connectivity index (χ0n) is 18.2. The summed E-state index contributed by atoms with van der Waals surface area (Å²) >= 11 is 0. The first-order chi connectivity index (χ1) is 14.4. The predicted molar refractivity (Wildman–Crippen MR) is 122 cm³/mol. The average Bonchev–Trinajstić information content (AvgIpc) is 2.77. The highest BCUT2D eigenvalue weighted by Gasteiger charge is 2.22. The molecule has 0 radical (unpaired) electrons. The van der Waals surface area contributed by atoms with Gasteiger partial charge in [-0.3, -0.25) is 19.7 Å². The van der Waals surface area contributed by atoms with Crippen molar-refractivity contribution in [3.8, 4) is 11.3 Å². The van der Waals surface area contributed by atoms with Crippen molar-refractivity contribution < 1.29 is 4.79 Å². The van der Waals surface area contributed by atoms with E-state index in [9.17, 15) is 4.79 Å². The van der Waals surface area contributed by atoms with Gasteiger partial charge in [-0.05, 0) is 20.8 Å². The molecule has 1 saturated heterocycles. The third-order valence-corrected chi connectivity index (χ3v) is 5.55. The fraction of sp³-hybridized carbons (Fsp3) is 0.391. The smallest absolute Gasteiger partial charge is 0.159 e. The lowest BCUT2D eigenvalue weighted by Crippen LogP contribution is -2.48. The maximum atomic E-state index is 11.6. The van der Waals surface area contributed by atoms with Crippen molar-refractivity contribution in [3.05, 3.63) is 53.5 Å². The summed E-state index contributed by atoms with van der Waals surface area (Å²) in [5, 5.41) is 0. The summed E-state index contributed by atoms with van der Waals surface area (Å²) < 4.78 is 0. The molecule has 1 aliphatic heterocycles. The second-order valence-electron chi connectivity index (χ2n) is 7.60. The summed E-state index contributed by atoms with van der Waals surface area (Å²) in [7, 11) is 1.80. The van der Waals surface area contributed by atoms with Crippen LogP contribution in [0.2, 0.25) is 0 Å². The Labute approximate surface area is 178 Å². The molecule has 1 aromatic carbocycles. The molecule has 0 atom stereocenters. The third kappa shape index (κ3) is 4.91. The largest absolute Gasteiger partial charge is 0.402 e. The predicted octanol–water partition coefficient (Wildman–Crippen LogP) is 2.79. The van der Waals surface area contributed by atoms with Gasteiger partial charge in [0.2, 0.25) is 0 Å². The van der Waals surface area contributed by atoms with E-state index in [1.54, 1.807) is 26.4 Å². The normalized spacial score (nSPS) is 16.4. The Morgan fingerprint density at radius 3 is 2.23 bits per heavy atom. The number of allylic oxidation sites excluding steroid dienone is 1. The Balaban J connectivity index is 1.74. The van der Waals surface area contributed by atoms with Crippen LogP contribution < -0.4 is 10.6 Å². The quantitative estimate of drug-likeness (QED) is 0.586. The first-order valence-electron chi connectivity index (χ1n) is 10.2. The topological polar surface area (TPSA) is 87.7 Å². The van der Waals surface area contributed by atoms with Gasteiger partial charge >= 0.3 is 0 Å². The van der Waals surface area contributed by atoms with Crippen molar-refractivity contribution in [2.24, 2.45) is 10.7 Å². The van der Waals surface area contributed by atoms with E-state index in [0.29, 0.717) is 5.56 Å². The van der Waals surface area contributed by atoms with E-state index in [1.165, 1.54) is 0 Å². The lowest BCUT2D eigenvalue weighted by atomic mass is 10.1. The Morgan fingerprint density at radius 2 is 1.67 bits per heavy atom. The van der Waals surface area contributed by atoms with Gasteiger partial charge in [0.15, 0.2) is 11.6 Å². The number of aliphatic imine (C=N–C) groups is 1. The number of piperazine rings is 1. The second kappa shape index (κ2) is 9.63. The van der Waals surface area contributed by atoms with Gasteiger partial charge in [-0.25, -0.2) is 4.98 Å². The summed E-state index contributed by atoms with van der Waals surface area (Å²) in [5.74, 6) is 0.936. The number of hydrogen-bond donors (Lipinski definition) is 1. The summed E-state index contributed by atoms with van der Waals surface area (Å²) in [6.45, 7) is 9.85. The molecule has 7 heteroatoms. The van der Waals surface area contributed by atoms with Gasteiger partial charge in [0.25, 0.3) is 0 Å². The third-order valence-electron chi connectivity index (χ3n) is 5.55. The number of ketones is 1. The number of hydrogen-bond acceptors (Lipinski definition) is 7. The molecule has 0 aliphatic carbocycles. The average molecular weight is 407 g/mol. The van der Waals surface area contributed by atoms with Crippen LogP contribution in [0, 0.1) is 0 Å². The molecule has 0 saturated carbocycles. The van der Waals surface area contributed by atoms with Gasteiger partial charge in [-0.15, -0.1) is 0 Å².